The van der Waals surface area contributed by atoms with E-state index in [1.807, 2.05) is 0 Å². The zero-order valence-corrected chi connectivity index (χ0v) is 10.1. The van der Waals surface area contributed by atoms with Crippen LogP contribution in [0.25, 0.3) is 0 Å². The summed E-state index contributed by atoms with van der Waals surface area (Å²) in [7, 11) is 0. The van der Waals surface area contributed by atoms with Gasteiger partial charge in [0.15, 0.2) is 0 Å². The predicted octanol–water partition coefficient (Wildman–Crippen LogP) is 3.91. The largest absolute Gasteiger partial charge is 0.246 e. The summed E-state index contributed by atoms with van der Waals surface area (Å²) in [5.41, 5.74) is 2.50. The number of aromatic nitrogens is 1. The van der Waals surface area contributed by atoms with Crippen LogP contribution in [0.4, 0.5) is 0 Å². The van der Waals surface area contributed by atoms with Crippen molar-refractivity contribution in [2.75, 3.05) is 0 Å². The number of nitrogens with zero attached hydrogens (tertiary/aromatic N) is 1. The van der Waals surface area contributed by atoms with Crippen molar-refractivity contribution >= 4 is 11.3 Å². The number of hydrogen-bond donors (Lipinski definition) is 0. The average molecular weight is 217 g/mol. The van der Waals surface area contributed by atoms with Gasteiger partial charge in [-0.05, 0) is 19.4 Å². The van der Waals surface area contributed by atoms with E-state index in [1.54, 1.807) is 11.3 Å². The van der Waals surface area contributed by atoms with E-state index in [-0.39, 0.29) is 0 Å². The standard InChI is InChI=1S/C13H15NS/c1-9(12-7-5-4-6-8-12)13-14-10(2)11(3)15-13/h4-9H,1-3H3. The molecule has 0 spiro atoms. The number of hydrogen-bond acceptors (Lipinski definition) is 2. The normalized spacial score (nSPS) is 12.7. The van der Waals surface area contributed by atoms with Crippen molar-refractivity contribution in [2.45, 2.75) is 26.7 Å². The molecule has 0 radical (unpaired) electrons. The van der Waals surface area contributed by atoms with Gasteiger partial charge >= 0.3 is 0 Å². The zero-order valence-electron chi connectivity index (χ0n) is 9.32. The summed E-state index contributed by atoms with van der Waals surface area (Å²) in [6.45, 7) is 6.42. The Morgan fingerprint density at radius 3 is 2.33 bits per heavy atom. The van der Waals surface area contributed by atoms with E-state index in [2.05, 4.69) is 56.1 Å². The number of rotatable bonds is 2. The third-order valence-corrected chi connectivity index (χ3v) is 3.97. The van der Waals surface area contributed by atoms with E-state index >= 15 is 0 Å². The topological polar surface area (TPSA) is 12.9 Å². The Bertz CT molecular complexity index is 425. The van der Waals surface area contributed by atoms with E-state index in [1.165, 1.54) is 15.4 Å². The molecule has 2 aromatic rings. The maximum Gasteiger partial charge on any atom is 0.100 e. The summed E-state index contributed by atoms with van der Waals surface area (Å²) < 4.78 is 0. The van der Waals surface area contributed by atoms with Crippen LogP contribution in [0.15, 0.2) is 30.3 Å². The maximum atomic E-state index is 4.61. The van der Waals surface area contributed by atoms with Crippen molar-refractivity contribution in [3.63, 3.8) is 0 Å². The van der Waals surface area contributed by atoms with Crippen LogP contribution in [0.2, 0.25) is 0 Å². The van der Waals surface area contributed by atoms with Gasteiger partial charge in [-0.15, -0.1) is 11.3 Å². The molecule has 1 unspecified atom stereocenters. The van der Waals surface area contributed by atoms with Gasteiger partial charge in [-0.1, -0.05) is 37.3 Å². The van der Waals surface area contributed by atoms with Crippen LogP contribution < -0.4 is 0 Å². The van der Waals surface area contributed by atoms with Gasteiger partial charge in [-0.3, -0.25) is 0 Å². The first-order valence-electron chi connectivity index (χ1n) is 5.17. The lowest BCUT2D eigenvalue weighted by atomic mass is 10.0. The molecule has 0 amide bonds. The molecule has 0 saturated carbocycles. The van der Waals surface area contributed by atoms with Crippen LogP contribution in [-0.2, 0) is 0 Å². The lowest BCUT2D eigenvalue weighted by molar-refractivity contribution is 0.897. The van der Waals surface area contributed by atoms with Gasteiger partial charge in [0.25, 0.3) is 0 Å². The molecule has 0 aliphatic rings. The second-order valence-electron chi connectivity index (χ2n) is 3.83. The zero-order chi connectivity index (χ0) is 10.8. The smallest absolute Gasteiger partial charge is 0.100 e. The van der Waals surface area contributed by atoms with Gasteiger partial charge in [0.05, 0.1) is 5.69 Å². The van der Waals surface area contributed by atoms with Gasteiger partial charge in [0, 0.05) is 10.8 Å². The summed E-state index contributed by atoms with van der Waals surface area (Å²) >= 11 is 1.81. The number of benzene rings is 1. The third-order valence-electron chi connectivity index (χ3n) is 2.72. The monoisotopic (exact) mass is 217 g/mol. The van der Waals surface area contributed by atoms with Crippen molar-refractivity contribution in [1.82, 2.24) is 4.98 Å². The third kappa shape index (κ3) is 2.10. The van der Waals surface area contributed by atoms with E-state index < -0.39 is 0 Å². The van der Waals surface area contributed by atoms with Crippen molar-refractivity contribution in [3.8, 4) is 0 Å². The number of thiazole rings is 1. The number of aryl methyl sites for hydroxylation is 2. The fourth-order valence-corrected chi connectivity index (χ4v) is 2.57. The molecule has 78 valence electrons. The maximum absolute atomic E-state index is 4.61. The SMILES string of the molecule is Cc1nc(C(C)c2ccccc2)sc1C. The molecule has 2 heteroatoms. The second kappa shape index (κ2) is 4.15. The van der Waals surface area contributed by atoms with Gasteiger partial charge < -0.3 is 0 Å². The molecular formula is C13H15NS. The molecular weight excluding hydrogens is 202 g/mol. The van der Waals surface area contributed by atoms with Gasteiger partial charge in [-0.2, -0.15) is 0 Å². The molecule has 0 aliphatic heterocycles. The minimum atomic E-state index is 0.406. The van der Waals surface area contributed by atoms with Gasteiger partial charge in [0.1, 0.15) is 5.01 Å². The Kier molecular flexibility index (Phi) is 2.87. The fourth-order valence-electron chi connectivity index (χ4n) is 1.57. The molecule has 1 aromatic carbocycles. The summed E-state index contributed by atoms with van der Waals surface area (Å²) in [6, 6.07) is 10.5. The molecule has 2 rings (SSSR count). The first kappa shape index (κ1) is 10.4. The summed E-state index contributed by atoms with van der Waals surface area (Å²) in [5, 5.41) is 1.22. The molecule has 0 fully saturated rings. The lowest BCUT2D eigenvalue weighted by Crippen LogP contribution is -1.94. The Hall–Kier alpha value is -1.15. The van der Waals surface area contributed by atoms with Crippen molar-refractivity contribution in [2.24, 2.45) is 0 Å². The van der Waals surface area contributed by atoms with E-state index in [9.17, 15) is 0 Å². The summed E-state index contributed by atoms with van der Waals surface area (Å²) in [6.07, 6.45) is 0. The molecule has 15 heavy (non-hydrogen) atoms. The predicted molar refractivity (Wildman–Crippen MR) is 65.5 cm³/mol. The average Bonchev–Trinajstić information content (AvgIpc) is 2.59. The Morgan fingerprint density at radius 1 is 1.13 bits per heavy atom. The molecule has 1 heterocycles. The van der Waals surface area contributed by atoms with Crippen LogP contribution in [0, 0.1) is 13.8 Å². The Morgan fingerprint density at radius 2 is 1.80 bits per heavy atom. The Balaban J connectivity index is 2.32. The summed E-state index contributed by atoms with van der Waals surface area (Å²) in [4.78, 5) is 5.93. The highest BCUT2D eigenvalue weighted by Gasteiger charge is 2.13. The van der Waals surface area contributed by atoms with Crippen LogP contribution >= 0.6 is 11.3 Å². The minimum absolute atomic E-state index is 0.406. The van der Waals surface area contributed by atoms with Gasteiger partial charge in [0.2, 0.25) is 0 Å². The van der Waals surface area contributed by atoms with Crippen molar-refractivity contribution in [3.05, 3.63) is 51.5 Å². The van der Waals surface area contributed by atoms with E-state index in [0.29, 0.717) is 5.92 Å². The summed E-state index contributed by atoms with van der Waals surface area (Å²) in [5.74, 6) is 0.406. The first-order chi connectivity index (χ1) is 7.18. The van der Waals surface area contributed by atoms with Crippen molar-refractivity contribution < 1.29 is 0 Å². The minimum Gasteiger partial charge on any atom is -0.246 e. The molecule has 0 saturated heterocycles. The molecule has 0 bridgehead atoms. The van der Waals surface area contributed by atoms with E-state index in [4.69, 9.17) is 0 Å². The molecule has 1 aromatic heterocycles. The van der Waals surface area contributed by atoms with Crippen LogP contribution in [0.5, 0.6) is 0 Å². The Labute approximate surface area is 94.8 Å². The first-order valence-corrected chi connectivity index (χ1v) is 5.99. The van der Waals surface area contributed by atoms with Crippen LogP contribution in [0.1, 0.15) is 34.0 Å². The fraction of sp³-hybridized carbons (Fsp3) is 0.308. The van der Waals surface area contributed by atoms with Gasteiger partial charge in [-0.25, -0.2) is 4.98 Å². The second-order valence-corrected chi connectivity index (χ2v) is 5.06. The van der Waals surface area contributed by atoms with E-state index in [0.717, 1.165) is 5.69 Å². The molecule has 1 nitrogen and oxygen atoms in total. The van der Waals surface area contributed by atoms with Crippen LogP contribution in [-0.4, -0.2) is 4.98 Å². The lowest BCUT2D eigenvalue weighted by Gasteiger charge is -2.07. The van der Waals surface area contributed by atoms with Crippen molar-refractivity contribution in [1.29, 1.82) is 0 Å². The highest BCUT2D eigenvalue weighted by molar-refractivity contribution is 7.11. The quantitative estimate of drug-likeness (QED) is 0.743. The molecule has 1 atom stereocenters. The molecule has 0 N–H and O–H groups in total. The van der Waals surface area contributed by atoms with Crippen LogP contribution in [0.3, 0.4) is 0 Å². The highest BCUT2D eigenvalue weighted by atomic mass is 32.1. The molecule has 0 aliphatic carbocycles. The highest BCUT2D eigenvalue weighted by Crippen LogP contribution is 2.28.